The molecule has 40 heavy (non-hydrogen) atoms. The molecule has 0 fully saturated rings. The summed E-state index contributed by atoms with van der Waals surface area (Å²) in [6.07, 6.45) is 19.6. The fourth-order valence-electron chi connectivity index (χ4n) is 5.44. The molecule has 0 aliphatic heterocycles. The Bertz CT molecular complexity index is 661. The molecule has 0 saturated heterocycles. The monoisotopic (exact) mass is 662 g/mol. The summed E-state index contributed by atoms with van der Waals surface area (Å²) in [6, 6.07) is 9.66. The quantitative estimate of drug-likeness (QED) is 0.0629. The highest BCUT2D eigenvalue weighted by Crippen LogP contribution is 2.30. The van der Waals surface area contributed by atoms with Crippen LogP contribution in [0.1, 0.15) is 13.3 Å². The summed E-state index contributed by atoms with van der Waals surface area (Å²) in [5.74, 6) is 0. The molecule has 0 atom stereocenters. The highest BCUT2D eigenvalue weighted by atomic mass is 29.9. The van der Waals surface area contributed by atoms with Crippen molar-refractivity contribution in [1.82, 2.24) is 0 Å². The van der Waals surface area contributed by atoms with E-state index in [1.165, 1.54) is 6.04 Å². The van der Waals surface area contributed by atoms with Gasteiger partial charge in [-0.3, -0.25) is 0 Å². The topological polar surface area (TPSA) is 27.7 Å². The van der Waals surface area contributed by atoms with Gasteiger partial charge in [-0.05, 0) is 54.4 Å². The van der Waals surface area contributed by atoms with Gasteiger partial charge in [0.2, 0.25) is 0 Å². The van der Waals surface area contributed by atoms with E-state index in [2.05, 4.69) is 66.1 Å². The Labute approximate surface area is 258 Å². The fraction of sp³-hybridized carbons (Fsp3) is 0.400. The average molecular weight is 663 g/mol. The molecular formula is C30H58O3Si7. The van der Waals surface area contributed by atoms with E-state index in [0.717, 1.165) is 60.8 Å². The van der Waals surface area contributed by atoms with Crippen molar-refractivity contribution in [3.63, 3.8) is 0 Å². The van der Waals surface area contributed by atoms with Gasteiger partial charge in [0.1, 0.15) is 34.5 Å². The molecule has 0 spiro atoms. The summed E-state index contributed by atoms with van der Waals surface area (Å²) >= 11 is 0. The predicted octanol–water partition coefficient (Wildman–Crippen LogP) is 7.15. The van der Waals surface area contributed by atoms with E-state index in [0.29, 0.717) is 0 Å². The Morgan fingerprint density at radius 2 is 0.625 bits per heavy atom. The third kappa shape index (κ3) is 13.4. The predicted molar refractivity (Wildman–Crippen MR) is 202 cm³/mol. The van der Waals surface area contributed by atoms with E-state index in [1.807, 2.05) is 54.7 Å². The van der Waals surface area contributed by atoms with Crippen LogP contribution in [0.25, 0.3) is 0 Å². The summed E-state index contributed by atoms with van der Waals surface area (Å²) in [7, 11) is -8.80. The van der Waals surface area contributed by atoms with Gasteiger partial charge in [0, 0.05) is 0 Å². The highest BCUT2D eigenvalue weighted by Gasteiger charge is 2.45. The van der Waals surface area contributed by atoms with Gasteiger partial charge in [-0.1, -0.05) is 74.1 Å². The molecule has 0 unspecified atom stereocenters. The smallest absolute Gasteiger partial charge is 0.190 e. The molecule has 0 saturated carbocycles. The molecule has 0 rings (SSSR count). The molecule has 0 aliphatic carbocycles. The van der Waals surface area contributed by atoms with Gasteiger partial charge in [-0.25, -0.2) is 0 Å². The molecule has 0 aliphatic rings. The average Bonchev–Trinajstić information content (AvgIpc) is 2.91. The van der Waals surface area contributed by atoms with Crippen molar-refractivity contribution >= 4 is 59.4 Å². The van der Waals surface area contributed by atoms with Crippen LogP contribution in [-0.4, -0.2) is 59.4 Å². The second kappa shape index (κ2) is 21.7. The molecule has 0 heterocycles. The van der Waals surface area contributed by atoms with E-state index in [9.17, 15) is 0 Å². The van der Waals surface area contributed by atoms with Crippen LogP contribution < -0.4 is 0 Å². The van der Waals surface area contributed by atoms with E-state index < -0.39 is 59.4 Å². The normalized spacial score (nSPS) is 14.3. The first kappa shape index (κ1) is 39.1. The SMILES string of the molecule is C=CC[Si](CC=C)(CC=C)O[SiH2][Si](CCC)([SiH2]O[Si](CC=C)(CC=C)CC=C)[SiH2]O[Si](CC=C)(CC=C)CC=C. The van der Waals surface area contributed by atoms with Crippen molar-refractivity contribution < 1.29 is 12.3 Å². The minimum atomic E-state index is -2.07. The van der Waals surface area contributed by atoms with Crippen molar-refractivity contribution in [1.29, 1.82) is 0 Å². The van der Waals surface area contributed by atoms with Gasteiger partial charge in [0.25, 0.3) is 0 Å². The standard InChI is InChI=1S/C30H58O3Si7/c1-11-21-37(22-12-2,23-13-3)31-34-40(30-20-10,35-32-38(24-14-4,25-15-5)26-16-6)36-33-39(27-17-7,28-18-8)29-19-9/h11-19H,1-9,20-30,34-36H2,10H3. The summed E-state index contributed by atoms with van der Waals surface area (Å²) in [5, 5.41) is 0. The van der Waals surface area contributed by atoms with Crippen molar-refractivity contribution in [2.75, 3.05) is 0 Å². The van der Waals surface area contributed by atoms with Crippen LogP contribution in [-0.2, 0) is 12.3 Å². The van der Waals surface area contributed by atoms with Crippen molar-refractivity contribution in [3.05, 3.63) is 114 Å². The summed E-state index contributed by atoms with van der Waals surface area (Å²) in [6.45, 7) is 37.3. The van der Waals surface area contributed by atoms with Gasteiger partial charge in [0.05, 0.1) is 0 Å². The summed E-state index contributed by atoms with van der Waals surface area (Å²) < 4.78 is 21.9. The van der Waals surface area contributed by atoms with E-state index in [4.69, 9.17) is 12.3 Å². The Morgan fingerprint density at radius 1 is 0.425 bits per heavy atom. The first-order valence-corrected chi connectivity index (χ1v) is 33.1. The van der Waals surface area contributed by atoms with Crippen LogP contribution in [0.3, 0.4) is 0 Å². The minimum Gasteiger partial charge on any atom is -0.462 e. The maximum Gasteiger partial charge on any atom is 0.190 e. The lowest BCUT2D eigenvalue weighted by molar-refractivity contribution is 0.577. The molecule has 0 amide bonds. The van der Waals surface area contributed by atoms with Gasteiger partial charge >= 0.3 is 0 Å². The lowest BCUT2D eigenvalue weighted by atomic mass is 10.6. The van der Waals surface area contributed by atoms with Crippen molar-refractivity contribution in [2.24, 2.45) is 0 Å². The molecule has 0 radical (unpaired) electrons. The molecule has 0 N–H and O–H groups in total. The first-order valence-electron chi connectivity index (χ1n) is 14.6. The Balaban J connectivity index is 6.67. The largest absolute Gasteiger partial charge is 0.462 e. The molecular weight excluding hydrogens is 605 g/mol. The summed E-state index contributed by atoms with van der Waals surface area (Å²) in [4.78, 5) is 0. The third-order valence-electron chi connectivity index (χ3n) is 7.48. The fourth-order valence-corrected chi connectivity index (χ4v) is 65.6. The summed E-state index contributed by atoms with van der Waals surface area (Å²) in [5.41, 5.74) is 0. The van der Waals surface area contributed by atoms with Gasteiger partial charge in [0.15, 0.2) is 25.0 Å². The number of rotatable bonds is 29. The second-order valence-electron chi connectivity index (χ2n) is 11.1. The van der Waals surface area contributed by atoms with Crippen LogP contribution in [0.5, 0.6) is 0 Å². The van der Waals surface area contributed by atoms with Crippen molar-refractivity contribution in [3.8, 4) is 0 Å². The van der Waals surface area contributed by atoms with E-state index >= 15 is 0 Å². The van der Waals surface area contributed by atoms with Gasteiger partial charge < -0.3 is 12.3 Å². The lowest BCUT2D eigenvalue weighted by Crippen LogP contribution is -2.63. The molecule has 0 aromatic carbocycles. The lowest BCUT2D eigenvalue weighted by Gasteiger charge is -2.41. The molecule has 0 aromatic heterocycles. The highest BCUT2D eigenvalue weighted by molar-refractivity contribution is 7.68. The number of hydrogen-bond acceptors (Lipinski definition) is 3. The van der Waals surface area contributed by atoms with Crippen LogP contribution in [0.15, 0.2) is 114 Å². The van der Waals surface area contributed by atoms with Crippen LogP contribution >= 0.6 is 0 Å². The zero-order valence-corrected chi connectivity index (χ0v) is 33.9. The van der Waals surface area contributed by atoms with E-state index in [-0.39, 0.29) is 0 Å². The minimum absolute atomic E-state index is 0.859. The van der Waals surface area contributed by atoms with Crippen molar-refractivity contribution in [2.45, 2.75) is 73.8 Å². The Hall–Kier alpha value is -0.942. The molecule has 0 aromatic rings. The maximum atomic E-state index is 7.30. The molecule has 3 nitrogen and oxygen atoms in total. The molecule has 224 valence electrons. The number of allylic oxidation sites excluding steroid dienone is 9. The maximum absolute atomic E-state index is 7.30. The zero-order chi connectivity index (χ0) is 30.4. The first-order chi connectivity index (χ1) is 19.2. The zero-order valence-electron chi connectivity index (χ0n) is 25.7. The van der Waals surface area contributed by atoms with Crippen LogP contribution in [0.2, 0.25) is 60.4 Å². The van der Waals surface area contributed by atoms with Crippen LogP contribution in [0.4, 0.5) is 0 Å². The van der Waals surface area contributed by atoms with E-state index in [1.54, 1.807) is 0 Å². The number of hydrogen-bond donors (Lipinski definition) is 0. The Kier molecular flexibility index (Phi) is 21.2. The molecule has 10 heteroatoms. The third-order valence-corrected chi connectivity index (χ3v) is 52.9. The van der Waals surface area contributed by atoms with Gasteiger partial charge in [-0.15, -0.1) is 59.2 Å². The van der Waals surface area contributed by atoms with Gasteiger partial charge in [-0.2, -0.15) is 0 Å². The molecule has 0 bridgehead atoms. The second-order valence-corrected chi connectivity index (χ2v) is 54.8. The Morgan fingerprint density at radius 3 is 0.775 bits per heavy atom. The van der Waals surface area contributed by atoms with Crippen LogP contribution in [0, 0.1) is 0 Å².